The quantitative estimate of drug-likeness (QED) is 0.0199. The molecule has 3 amide bonds. The maximum absolute atomic E-state index is 12.3. The number of anilines is 7. The Kier molecular flexibility index (Phi) is 45.8. The summed E-state index contributed by atoms with van der Waals surface area (Å²) in [6, 6.07) is 50.8. The number of nitrogens with zero attached hydrogens (tertiary/aromatic N) is 11. The van der Waals surface area contributed by atoms with E-state index in [0.717, 1.165) is 93.1 Å². The normalized spacial score (nSPS) is 20.7. The van der Waals surface area contributed by atoms with Crippen molar-refractivity contribution in [1.82, 2.24) is 29.8 Å². The van der Waals surface area contributed by atoms with Crippen LogP contribution in [0.2, 0.25) is 0 Å². The first-order valence-electron chi connectivity index (χ1n) is 49.9. The van der Waals surface area contributed by atoms with E-state index in [-0.39, 0.29) is 48.5 Å². The van der Waals surface area contributed by atoms with Crippen LogP contribution in [0.15, 0.2) is 157 Å². The van der Waals surface area contributed by atoms with Crippen LogP contribution in [0.5, 0.6) is 0 Å². The van der Waals surface area contributed by atoms with Crippen molar-refractivity contribution in [3.8, 4) is 0 Å². The Balaban J connectivity index is 0.000000163. The van der Waals surface area contributed by atoms with Gasteiger partial charge >= 0.3 is 43.0 Å². The molecule has 137 heavy (non-hydrogen) atoms. The number of nitrogens with one attached hydrogen (secondary N) is 3. The van der Waals surface area contributed by atoms with E-state index in [9.17, 15) is 19.2 Å². The molecular formula is C107H155BBr3IN15O7S3. The average Bonchev–Trinajstić information content (AvgIpc) is 1.54. The molecule has 13 heterocycles. The van der Waals surface area contributed by atoms with Gasteiger partial charge in [0.05, 0.1) is 11.4 Å². The number of para-hydroxylation sites is 2. The van der Waals surface area contributed by atoms with Crippen molar-refractivity contribution in [3.05, 3.63) is 191 Å². The molecule has 6 fully saturated rings. The molecular weight excluding hydrogens is 2080 g/mol. The van der Waals surface area contributed by atoms with Crippen LogP contribution in [0.3, 0.4) is 0 Å². The van der Waals surface area contributed by atoms with Crippen LogP contribution in [0.1, 0.15) is 216 Å². The molecule has 0 aliphatic carbocycles. The average molecular weight is 2240 g/mol. The Bertz CT molecular complexity index is 4860. The molecule has 5 N–H and O–H groups in total. The fraction of sp³-hybridized carbons (Fsp3) is 0.579. The van der Waals surface area contributed by atoms with Crippen LogP contribution in [0.4, 0.5) is 54.2 Å². The number of carbonyl (C=O) groups excluding carboxylic acids is 4. The van der Waals surface area contributed by atoms with Crippen molar-refractivity contribution in [2.75, 3.05) is 174 Å². The fourth-order valence-corrected chi connectivity index (χ4v) is 22.5. The minimum Gasteiger partial charge on any atom is -0.385 e. The number of ketones is 1. The van der Waals surface area contributed by atoms with Gasteiger partial charge < -0.3 is 79.6 Å². The van der Waals surface area contributed by atoms with Gasteiger partial charge in [-0.2, -0.15) is 0 Å². The molecule has 1 radical (unpaired) electrons. The standard InChI is InChI=1S/C19H27BrN2O2.C19H28N2O2.C15H21BrN2.C15H23N3.C14H19BrN2.C10H13N.C9H15NO3.C6H7NS2.BHNS.HI/c1-19(2,3)24-18(23)21-11-9-16(13-21)22-10-5-4-6-14-12-15(20)7-8-17(14)22;1-19(2,3)23-18(22)20-13-11-16(14-20)21-12-7-6-9-15-8-4-5-10-17(15)21;2*1-17-9-7-14(11-17)18-8-3-2-4-12-10-13(16)5-6-15(12)18;15-12-4-5-14-11(9-12)3-1-2-8-17(14)13-6-7-16-10-13;1-2-7-10-9(5-1)6-3-4-8-11-10;1-9(2,3)13-8(12)10-5-4-7(11)6-10;1-8-6(7)5-3-2-4-9-5;1-2-3;/h7-8,12,16H,4-6,9-11,13H2,1-3H3;4-5,8,10,16H,6-7,9,11-14H2,1-3H3;5-6,10,14H,2-4,7-9,11H2,1H3;5-6,10,14H,2-4,7-9,11,16H2,1H3;4-5,9,13,16H,1-3,6-8,10H2;1-2,5,7,11H,3-4,6,8H2;4-6H2,1-3H3;2-4,7H,1H3;3H;1H. The van der Waals surface area contributed by atoms with Gasteiger partial charge in [0.1, 0.15) is 21.8 Å². The molecule has 12 aliphatic heterocycles. The number of thiol groups is 1. The number of hydrogen-bond acceptors (Lipinski definition) is 22. The second kappa shape index (κ2) is 55.9. The molecule has 22 nitrogen and oxygen atoms in total. The molecule has 12 aliphatic rings. The van der Waals surface area contributed by atoms with Crippen LogP contribution >= 0.6 is 108 Å². The first-order chi connectivity index (χ1) is 65.2. The SMILES string of the molecule is Brc1ccc2c(c1)CCCCN2C1CCNC1.CC(C)(C)OC(=O)N1CCC(=O)C1.CC(C)(C)OC(=O)N1CCC(N2CCCCc3cc(Br)ccc32)C1.CC(C)(C)OC(=O)N1CCC(N2CCCCc3ccccc32)C1.CN1CCC(N2CCCCc3cc(Br)ccc32)C1.CN1CCC(N2CCCCc3cc(N)ccc32)C1.CSC(=N)c1cccs1.I.[B]=NS.c1ccc2c(c1)CCCCN2. The summed E-state index contributed by atoms with van der Waals surface area (Å²) in [6.45, 7) is 34.9. The van der Waals surface area contributed by atoms with E-state index in [2.05, 4.69) is 253 Å². The fourth-order valence-electron chi connectivity index (χ4n) is 20.1. The molecule has 5 unspecified atom stereocenters. The molecule has 0 bridgehead atoms. The van der Waals surface area contributed by atoms with E-state index in [1.165, 1.54) is 267 Å². The molecule has 749 valence electrons. The van der Waals surface area contributed by atoms with E-state index in [0.29, 0.717) is 48.2 Å². The number of thioether (sulfide) groups is 1. The number of amides is 3. The number of ether oxygens (including phenoxy) is 3. The van der Waals surface area contributed by atoms with Gasteiger partial charge in [0, 0.05) is 181 Å². The number of likely N-dealkylation sites (tertiary alicyclic amines) is 5. The van der Waals surface area contributed by atoms with Crippen LogP contribution in [0, 0.1) is 5.41 Å². The van der Waals surface area contributed by atoms with E-state index in [4.69, 9.17) is 25.4 Å². The second-order valence-electron chi connectivity index (χ2n) is 40.7. The van der Waals surface area contributed by atoms with E-state index >= 15 is 0 Å². The van der Waals surface area contributed by atoms with Gasteiger partial charge in [0.15, 0.2) is 5.78 Å². The number of carbonyl (C=O) groups is 4. The topological polar surface area (TPSA) is 215 Å². The largest absolute Gasteiger partial charge is 0.385 e. The van der Waals surface area contributed by atoms with Crippen molar-refractivity contribution in [3.63, 3.8) is 0 Å². The van der Waals surface area contributed by atoms with Crippen molar-refractivity contribution in [2.24, 2.45) is 4.30 Å². The summed E-state index contributed by atoms with van der Waals surface area (Å²) in [7, 11) is 8.80. The van der Waals surface area contributed by atoms with Crippen LogP contribution in [0.25, 0.3) is 0 Å². The first kappa shape index (κ1) is 112. The molecule has 5 atom stereocenters. The van der Waals surface area contributed by atoms with Gasteiger partial charge in [0.25, 0.3) is 0 Å². The van der Waals surface area contributed by atoms with Gasteiger partial charge in [-0.05, 0) is 380 Å². The third-order valence-corrected chi connectivity index (χ3v) is 29.8. The van der Waals surface area contributed by atoms with Crippen molar-refractivity contribution in [2.45, 2.75) is 263 Å². The van der Waals surface area contributed by atoms with Crippen LogP contribution in [-0.2, 0) is 57.5 Å². The first-order valence-corrected chi connectivity index (χ1v) is 54.8. The number of Topliss-reactive ketones (excluding diaryl/α,β-unsaturated/α-hetero) is 1. The summed E-state index contributed by atoms with van der Waals surface area (Å²) in [6.07, 6.45) is 30.1. The number of fused-ring (bicyclic) bond motifs is 6. The number of halogens is 4. The minimum absolute atomic E-state index is 0. The summed E-state index contributed by atoms with van der Waals surface area (Å²) >= 11 is 17.1. The zero-order chi connectivity index (χ0) is 97.5. The summed E-state index contributed by atoms with van der Waals surface area (Å²) in [5.41, 5.74) is 22.7. The Hall–Kier alpha value is -6.62. The van der Waals surface area contributed by atoms with Crippen molar-refractivity contribution in [1.29, 1.82) is 5.41 Å². The van der Waals surface area contributed by atoms with Crippen molar-refractivity contribution < 1.29 is 33.4 Å². The Morgan fingerprint density at radius 1 is 0.453 bits per heavy atom. The summed E-state index contributed by atoms with van der Waals surface area (Å²) in [5, 5.41) is 16.9. The van der Waals surface area contributed by atoms with Gasteiger partial charge in [-0.15, -0.1) is 47.1 Å². The van der Waals surface area contributed by atoms with E-state index in [1.54, 1.807) is 11.3 Å². The molecule has 0 saturated carbocycles. The summed E-state index contributed by atoms with van der Waals surface area (Å²) in [5.74, 6) is 0.103. The molecule has 19 rings (SSSR count). The van der Waals surface area contributed by atoms with Gasteiger partial charge in [0.2, 0.25) is 0 Å². The van der Waals surface area contributed by atoms with Crippen molar-refractivity contribution >= 4 is 184 Å². The molecule has 0 spiro atoms. The predicted octanol–water partition coefficient (Wildman–Crippen LogP) is 23.7. The third kappa shape index (κ3) is 35.7. The minimum atomic E-state index is -0.483. The summed E-state index contributed by atoms with van der Waals surface area (Å²) in [4.78, 5) is 70.9. The monoisotopic (exact) mass is 2230 g/mol. The van der Waals surface area contributed by atoms with Gasteiger partial charge in [-0.1, -0.05) is 90.3 Å². The second-order valence-corrected chi connectivity index (χ2v) is 45.5. The zero-order valence-corrected chi connectivity index (χ0v) is 93.2. The number of rotatable bonds is 6. The number of thiophene rings is 1. The number of aryl methyl sites for hydroxylation is 6. The Morgan fingerprint density at radius 3 is 1.23 bits per heavy atom. The molecule has 6 aromatic carbocycles. The number of nitrogen functional groups attached to an aromatic ring is 1. The zero-order valence-electron chi connectivity index (χ0n) is 83.6. The molecule has 1 aromatic heterocycles. The number of hydrogen-bond donors (Lipinski definition) is 5. The third-order valence-electron chi connectivity index (χ3n) is 26.7. The van der Waals surface area contributed by atoms with Crippen LogP contribution < -0.4 is 40.9 Å². The van der Waals surface area contributed by atoms with Crippen LogP contribution in [-0.4, -0.2) is 246 Å². The molecule has 6 saturated heterocycles. The molecule has 7 aromatic rings. The summed E-state index contributed by atoms with van der Waals surface area (Å²) < 4.78 is 22.4. The maximum Gasteiger partial charge on any atom is 0.0372 e. The predicted molar refractivity (Wildman–Crippen MR) is 599 cm³/mol. The Morgan fingerprint density at radius 2 is 0.832 bits per heavy atom. The van der Waals surface area contributed by atoms with E-state index in [1.807, 2.05) is 95.9 Å². The maximum atomic E-state index is 12.3. The number of benzene rings is 6. The number of nitrogens with two attached hydrogens (primary N) is 1. The van der Waals surface area contributed by atoms with Gasteiger partial charge in [-0.3, -0.25) is 10.2 Å². The Labute approximate surface area is 877 Å². The smallest absolute Gasteiger partial charge is 0.0372 e. The number of likely N-dealkylation sites (N-methyl/N-ethyl adjacent to an activating group) is 2. The van der Waals surface area contributed by atoms with E-state index < -0.39 is 22.9 Å². The molecule has 30 heteroatoms. The van der Waals surface area contributed by atoms with Gasteiger partial charge in [-0.25, -0.2) is 14.4 Å².